The fraction of sp³-hybridized carbons (Fsp3) is 0.0833. The molecule has 0 spiro atoms. The lowest BCUT2D eigenvalue weighted by Crippen LogP contribution is -2.30. The Kier molecular flexibility index (Phi) is 5.29. The van der Waals surface area contributed by atoms with Crippen molar-refractivity contribution in [1.82, 2.24) is 9.88 Å². The molecule has 0 aliphatic rings. The molecule has 1 amide bonds. The number of carbonyl (C=O) groups excluding carboxylic acids is 1. The third-order valence-corrected chi connectivity index (χ3v) is 4.53. The van der Waals surface area contributed by atoms with Gasteiger partial charge in [-0.15, -0.1) is 0 Å². The van der Waals surface area contributed by atoms with E-state index in [9.17, 15) is 4.79 Å². The Bertz CT molecular complexity index is 986. The van der Waals surface area contributed by atoms with Gasteiger partial charge in [-0.2, -0.15) is 0 Å². The number of carbonyl (C=O) groups is 1. The standard InChI is InChI=1S/C24H20N2O2/c27-24(22-23(28-18-25-22)21-14-8-3-9-15-21)26(16-19-10-4-1-5-11-19)17-20-12-6-2-7-13-20/h1-15,18H,16-17H2. The van der Waals surface area contributed by atoms with Gasteiger partial charge in [0.05, 0.1) is 0 Å². The fourth-order valence-electron chi connectivity index (χ4n) is 3.15. The third kappa shape index (κ3) is 4.01. The highest BCUT2D eigenvalue weighted by Gasteiger charge is 2.24. The Morgan fingerprint density at radius 1 is 0.750 bits per heavy atom. The van der Waals surface area contributed by atoms with Crippen molar-refractivity contribution in [3.63, 3.8) is 0 Å². The summed E-state index contributed by atoms with van der Waals surface area (Å²) >= 11 is 0. The van der Waals surface area contributed by atoms with Crippen LogP contribution in [0.25, 0.3) is 11.3 Å². The Balaban J connectivity index is 1.66. The topological polar surface area (TPSA) is 46.3 Å². The smallest absolute Gasteiger partial charge is 0.277 e. The zero-order valence-electron chi connectivity index (χ0n) is 15.4. The van der Waals surface area contributed by atoms with Crippen LogP contribution in [0.15, 0.2) is 102 Å². The van der Waals surface area contributed by atoms with Gasteiger partial charge in [0.15, 0.2) is 17.8 Å². The van der Waals surface area contributed by atoms with Gasteiger partial charge in [-0.3, -0.25) is 4.79 Å². The Hall–Kier alpha value is -3.66. The first kappa shape index (κ1) is 17.7. The number of nitrogens with zero attached hydrogens (tertiary/aromatic N) is 2. The van der Waals surface area contributed by atoms with Gasteiger partial charge in [-0.05, 0) is 11.1 Å². The molecular weight excluding hydrogens is 348 g/mol. The predicted octanol–water partition coefficient (Wildman–Crippen LogP) is 5.18. The molecule has 4 nitrogen and oxygen atoms in total. The number of rotatable bonds is 6. The largest absolute Gasteiger partial charge is 0.443 e. The Labute approximate surface area is 164 Å². The average molecular weight is 368 g/mol. The second-order valence-electron chi connectivity index (χ2n) is 6.53. The highest BCUT2D eigenvalue weighted by Crippen LogP contribution is 2.25. The second kappa shape index (κ2) is 8.35. The molecule has 3 aromatic carbocycles. The van der Waals surface area contributed by atoms with Crippen LogP contribution in [0.1, 0.15) is 21.6 Å². The van der Waals surface area contributed by atoms with Crippen molar-refractivity contribution < 1.29 is 9.21 Å². The summed E-state index contributed by atoms with van der Waals surface area (Å²) < 4.78 is 5.56. The zero-order chi connectivity index (χ0) is 19.2. The maximum absolute atomic E-state index is 13.4. The summed E-state index contributed by atoms with van der Waals surface area (Å²) in [6, 6.07) is 29.5. The summed E-state index contributed by atoms with van der Waals surface area (Å²) in [5.41, 5.74) is 3.30. The molecule has 0 aliphatic heterocycles. The summed E-state index contributed by atoms with van der Waals surface area (Å²) in [5.74, 6) is 0.344. The maximum atomic E-state index is 13.4. The first-order valence-corrected chi connectivity index (χ1v) is 9.17. The molecule has 1 aromatic heterocycles. The number of hydrogen-bond acceptors (Lipinski definition) is 3. The molecule has 0 aliphatic carbocycles. The van der Waals surface area contributed by atoms with Gasteiger partial charge in [-0.25, -0.2) is 4.98 Å². The molecule has 0 saturated heterocycles. The fourth-order valence-corrected chi connectivity index (χ4v) is 3.15. The highest BCUT2D eigenvalue weighted by molar-refractivity contribution is 5.97. The molecule has 28 heavy (non-hydrogen) atoms. The second-order valence-corrected chi connectivity index (χ2v) is 6.53. The summed E-state index contributed by atoms with van der Waals surface area (Å²) in [6.45, 7) is 0.991. The van der Waals surface area contributed by atoms with Crippen LogP contribution in [0.5, 0.6) is 0 Å². The van der Waals surface area contributed by atoms with E-state index in [0.29, 0.717) is 24.5 Å². The van der Waals surface area contributed by atoms with Crippen molar-refractivity contribution in [1.29, 1.82) is 0 Å². The molecule has 4 heteroatoms. The predicted molar refractivity (Wildman–Crippen MR) is 108 cm³/mol. The van der Waals surface area contributed by atoms with Gasteiger partial charge >= 0.3 is 0 Å². The van der Waals surface area contributed by atoms with E-state index in [1.165, 1.54) is 6.39 Å². The number of oxazole rings is 1. The molecule has 0 radical (unpaired) electrons. The SMILES string of the molecule is O=C(c1ncoc1-c1ccccc1)N(Cc1ccccc1)Cc1ccccc1. The van der Waals surface area contributed by atoms with Crippen LogP contribution in [-0.4, -0.2) is 15.8 Å². The first-order chi connectivity index (χ1) is 13.8. The van der Waals surface area contributed by atoms with E-state index in [4.69, 9.17) is 4.42 Å². The summed E-state index contributed by atoms with van der Waals surface area (Å²) in [5, 5.41) is 0. The summed E-state index contributed by atoms with van der Waals surface area (Å²) in [7, 11) is 0. The van der Waals surface area contributed by atoms with E-state index >= 15 is 0 Å². The lowest BCUT2D eigenvalue weighted by molar-refractivity contribution is 0.0725. The number of benzene rings is 3. The number of aromatic nitrogens is 1. The van der Waals surface area contributed by atoms with Crippen LogP contribution in [0.3, 0.4) is 0 Å². The van der Waals surface area contributed by atoms with Gasteiger partial charge in [0.1, 0.15) is 0 Å². The molecule has 0 N–H and O–H groups in total. The van der Waals surface area contributed by atoms with E-state index < -0.39 is 0 Å². The van der Waals surface area contributed by atoms with Gasteiger partial charge < -0.3 is 9.32 Å². The molecule has 0 bridgehead atoms. The Morgan fingerprint density at radius 3 is 1.79 bits per heavy atom. The highest BCUT2D eigenvalue weighted by atomic mass is 16.3. The molecular formula is C24H20N2O2. The maximum Gasteiger partial charge on any atom is 0.277 e. The molecule has 4 aromatic rings. The molecule has 138 valence electrons. The molecule has 0 saturated carbocycles. The van der Waals surface area contributed by atoms with E-state index in [2.05, 4.69) is 4.98 Å². The van der Waals surface area contributed by atoms with E-state index in [0.717, 1.165) is 16.7 Å². The summed E-state index contributed by atoms with van der Waals surface area (Å²) in [4.78, 5) is 19.5. The average Bonchev–Trinajstić information content (AvgIpc) is 3.25. The molecule has 0 unspecified atom stereocenters. The molecule has 1 heterocycles. The minimum Gasteiger partial charge on any atom is -0.443 e. The zero-order valence-corrected chi connectivity index (χ0v) is 15.4. The van der Waals surface area contributed by atoms with Crippen LogP contribution in [-0.2, 0) is 13.1 Å². The van der Waals surface area contributed by atoms with Crippen LogP contribution in [0.4, 0.5) is 0 Å². The lowest BCUT2D eigenvalue weighted by Gasteiger charge is -2.22. The van der Waals surface area contributed by atoms with Gasteiger partial charge in [0, 0.05) is 18.7 Å². The van der Waals surface area contributed by atoms with Crippen molar-refractivity contribution >= 4 is 5.91 Å². The van der Waals surface area contributed by atoms with Crippen molar-refractivity contribution in [2.75, 3.05) is 0 Å². The monoisotopic (exact) mass is 368 g/mol. The lowest BCUT2D eigenvalue weighted by atomic mass is 10.1. The van der Waals surface area contributed by atoms with Crippen molar-refractivity contribution in [3.05, 3.63) is 114 Å². The molecule has 4 rings (SSSR count). The minimum absolute atomic E-state index is 0.152. The quantitative estimate of drug-likeness (QED) is 0.471. The van der Waals surface area contributed by atoms with Gasteiger partial charge in [0.25, 0.3) is 5.91 Å². The molecule has 0 atom stereocenters. The van der Waals surface area contributed by atoms with Crippen LogP contribution in [0.2, 0.25) is 0 Å². The van der Waals surface area contributed by atoms with E-state index in [1.54, 1.807) is 4.90 Å². The number of amides is 1. The first-order valence-electron chi connectivity index (χ1n) is 9.17. The van der Waals surface area contributed by atoms with E-state index in [-0.39, 0.29) is 5.91 Å². The van der Waals surface area contributed by atoms with Crippen molar-refractivity contribution in [2.45, 2.75) is 13.1 Å². The Morgan fingerprint density at radius 2 is 1.25 bits per heavy atom. The van der Waals surface area contributed by atoms with Crippen LogP contribution in [0, 0.1) is 0 Å². The van der Waals surface area contributed by atoms with Gasteiger partial charge in [0.2, 0.25) is 0 Å². The normalized spacial score (nSPS) is 10.6. The van der Waals surface area contributed by atoms with Gasteiger partial charge in [-0.1, -0.05) is 91.0 Å². The van der Waals surface area contributed by atoms with Crippen LogP contribution >= 0.6 is 0 Å². The van der Waals surface area contributed by atoms with Crippen molar-refractivity contribution in [2.24, 2.45) is 0 Å². The van der Waals surface area contributed by atoms with Crippen molar-refractivity contribution in [3.8, 4) is 11.3 Å². The minimum atomic E-state index is -0.152. The van der Waals surface area contributed by atoms with E-state index in [1.807, 2.05) is 91.0 Å². The molecule has 0 fully saturated rings. The third-order valence-electron chi connectivity index (χ3n) is 4.53. The summed E-state index contributed by atoms with van der Waals surface area (Å²) in [6.07, 6.45) is 1.33. The number of hydrogen-bond donors (Lipinski definition) is 0. The van der Waals surface area contributed by atoms with Crippen LogP contribution < -0.4 is 0 Å².